The first-order valence-electron chi connectivity index (χ1n) is 10.8. The summed E-state index contributed by atoms with van der Waals surface area (Å²) in [7, 11) is 0. The molecule has 3 heterocycles. The predicted octanol–water partition coefficient (Wildman–Crippen LogP) is 4.04. The zero-order chi connectivity index (χ0) is 19.1. The molecule has 1 aromatic heterocycles. The first kappa shape index (κ1) is 17.7. The van der Waals surface area contributed by atoms with Gasteiger partial charge in [0.2, 0.25) is 5.91 Å². The van der Waals surface area contributed by atoms with Gasteiger partial charge in [0.15, 0.2) is 0 Å². The van der Waals surface area contributed by atoms with Crippen molar-refractivity contribution < 1.29 is 4.79 Å². The lowest BCUT2D eigenvalue weighted by Crippen LogP contribution is -2.51. The summed E-state index contributed by atoms with van der Waals surface area (Å²) >= 11 is 0. The van der Waals surface area contributed by atoms with Gasteiger partial charge in [0.05, 0.1) is 0 Å². The topological polar surface area (TPSA) is 42.3 Å². The molecule has 3 aliphatic rings. The molecule has 0 N–H and O–H groups in total. The molecule has 1 amide bonds. The number of hydrogen-bond acceptors (Lipinski definition) is 2. The van der Waals surface area contributed by atoms with Crippen LogP contribution in [0.5, 0.6) is 0 Å². The highest BCUT2D eigenvalue weighted by atomic mass is 16.2. The smallest absolute Gasteiger partial charge is 0.250 e. The van der Waals surface area contributed by atoms with Gasteiger partial charge in [-0.1, -0.05) is 49.6 Å². The second-order valence-electron chi connectivity index (χ2n) is 8.82. The molecule has 2 aliphatic heterocycles. The summed E-state index contributed by atoms with van der Waals surface area (Å²) in [4.78, 5) is 27.9. The van der Waals surface area contributed by atoms with Gasteiger partial charge in [-0.15, -0.1) is 0 Å². The van der Waals surface area contributed by atoms with E-state index in [1.807, 2.05) is 28.8 Å². The van der Waals surface area contributed by atoms with Crippen LogP contribution in [0.4, 0.5) is 0 Å². The molecule has 2 atom stereocenters. The molecule has 2 aromatic rings. The van der Waals surface area contributed by atoms with Crippen LogP contribution in [0.1, 0.15) is 50.1 Å². The van der Waals surface area contributed by atoms with Gasteiger partial charge in [-0.2, -0.15) is 0 Å². The third-order valence-electron chi connectivity index (χ3n) is 6.94. The Hall–Kier alpha value is -2.36. The average Bonchev–Trinajstić information content (AvgIpc) is 2.75. The molecule has 1 aliphatic carbocycles. The lowest BCUT2D eigenvalue weighted by molar-refractivity contribution is -0.139. The predicted molar refractivity (Wildman–Crippen MR) is 110 cm³/mol. The zero-order valence-corrected chi connectivity index (χ0v) is 16.3. The second-order valence-corrected chi connectivity index (χ2v) is 8.82. The van der Waals surface area contributed by atoms with Crippen LogP contribution in [0, 0.1) is 11.8 Å². The number of nitrogens with zero attached hydrogens (tertiary/aromatic N) is 2. The Labute approximate surface area is 166 Å². The second kappa shape index (κ2) is 7.23. The Kier molecular flexibility index (Phi) is 4.58. The maximum Gasteiger partial charge on any atom is 0.250 e. The van der Waals surface area contributed by atoms with Crippen molar-refractivity contribution in [1.29, 1.82) is 0 Å². The van der Waals surface area contributed by atoms with Gasteiger partial charge in [0.1, 0.15) is 0 Å². The number of benzene rings is 1. The fraction of sp³-hybridized carbons (Fsp3) is 0.500. The Morgan fingerprint density at radius 3 is 2.46 bits per heavy atom. The van der Waals surface area contributed by atoms with Crippen LogP contribution >= 0.6 is 0 Å². The molecule has 146 valence electrons. The number of likely N-dealkylation sites (tertiary alicyclic amines) is 1. The number of pyridine rings is 1. The van der Waals surface area contributed by atoms with E-state index in [4.69, 9.17) is 0 Å². The van der Waals surface area contributed by atoms with Crippen LogP contribution < -0.4 is 5.56 Å². The van der Waals surface area contributed by atoms with Gasteiger partial charge in [0.25, 0.3) is 5.56 Å². The van der Waals surface area contributed by atoms with E-state index in [9.17, 15) is 9.59 Å². The maximum absolute atomic E-state index is 13.2. The molecule has 5 rings (SSSR count). The molecule has 1 saturated carbocycles. The zero-order valence-electron chi connectivity index (χ0n) is 16.3. The molecule has 4 heteroatoms. The normalized spacial score (nSPS) is 24.6. The third kappa shape index (κ3) is 3.09. The monoisotopic (exact) mass is 376 g/mol. The van der Waals surface area contributed by atoms with Crippen molar-refractivity contribution in [1.82, 2.24) is 9.47 Å². The van der Waals surface area contributed by atoms with Gasteiger partial charge in [-0.25, -0.2) is 0 Å². The number of aromatic nitrogens is 1. The molecule has 2 bridgehead atoms. The van der Waals surface area contributed by atoms with Crippen molar-refractivity contribution in [3.8, 4) is 11.1 Å². The Bertz CT molecular complexity index is 927. The minimum atomic E-state index is 0.0939. The molecule has 1 saturated heterocycles. The van der Waals surface area contributed by atoms with Crippen LogP contribution in [-0.2, 0) is 11.3 Å². The third-order valence-corrected chi connectivity index (χ3v) is 6.94. The molecule has 0 unspecified atom stereocenters. The number of carbonyl (C=O) groups is 1. The lowest BCUT2D eigenvalue weighted by Gasteiger charge is -2.44. The standard InChI is InChI=1S/C24H28N2O2/c27-22-12-11-21(18-7-3-1-4-8-18)23-20-13-17(15-26(22)23)14-25(16-20)24(28)19-9-5-2-6-10-19/h1,3-4,7-8,11-12,17,19-20H,2,5-6,9-10,13-16H2/t17-,20-/m0/s1. The van der Waals surface area contributed by atoms with Crippen LogP contribution in [0.2, 0.25) is 0 Å². The molecular formula is C24H28N2O2. The summed E-state index contributed by atoms with van der Waals surface area (Å²) in [6.07, 6.45) is 6.83. The Morgan fingerprint density at radius 1 is 0.893 bits per heavy atom. The number of hydrogen-bond donors (Lipinski definition) is 0. The highest BCUT2D eigenvalue weighted by Gasteiger charge is 2.39. The molecule has 0 spiro atoms. The molecule has 4 nitrogen and oxygen atoms in total. The van der Waals surface area contributed by atoms with Gasteiger partial charge >= 0.3 is 0 Å². The molecule has 28 heavy (non-hydrogen) atoms. The minimum Gasteiger partial charge on any atom is -0.341 e. The summed E-state index contributed by atoms with van der Waals surface area (Å²) < 4.78 is 1.99. The quantitative estimate of drug-likeness (QED) is 0.794. The highest BCUT2D eigenvalue weighted by molar-refractivity contribution is 5.79. The Balaban J connectivity index is 1.49. The van der Waals surface area contributed by atoms with E-state index in [1.165, 1.54) is 19.3 Å². The van der Waals surface area contributed by atoms with Crippen LogP contribution in [0.25, 0.3) is 11.1 Å². The first-order valence-corrected chi connectivity index (χ1v) is 10.8. The number of rotatable bonds is 2. The van der Waals surface area contributed by atoms with Crippen molar-refractivity contribution in [2.24, 2.45) is 11.8 Å². The van der Waals surface area contributed by atoms with Crippen LogP contribution in [0.3, 0.4) is 0 Å². The summed E-state index contributed by atoms with van der Waals surface area (Å²) in [6, 6.07) is 14.0. The highest BCUT2D eigenvalue weighted by Crippen LogP contribution is 2.40. The van der Waals surface area contributed by atoms with Crippen molar-refractivity contribution in [2.75, 3.05) is 13.1 Å². The van der Waals surface area contributed by atoms with E-state index in [1.54, 1.807) is 6.07 Å². The Morgan fingerprint density at radius 2 is 1.68 bits per heavy atom. The summed E-state index contributed by atoms with van der Waals surface area (Å²) in [5.41, 5.74) is 3.53. The van der Waals surface area contributed by atoms with Crippen molar-refractivity contribution in [3.63, 3.8) is 0 Å². The van der Waals surface area contributed by atoms with Gasteiger partial charge in [-0.05, 0) is 36.8 Å². The number of piperidine rings is 1. The summed E-state index contributed by atoms with van der Waals surface area (Å²) in [5.74, 6) is 1.23. The minimum absolute atomic E-state index is 0.0939. The molecular weight excluding hydrogens is 348 g/mol. The largest absolute Gasteiger partial charge is 0.341 e. The average molecular weight is 377 g/mol. The number of carbonyl (C=O) groups excluding carboxylic acids is 1. The van der Waals surface area contributed by atoms with Crippen LogP contribution in [-0.4, -0.2) is 28.5 Å². The van der Waals surface area contributed by atoms with E-state index in [0.29, 0.717) is 11.8 Å². The number of fused-ring (bicyclic) bond motifs is 4. The van der Waals surface area contributed by atoms with Crippen molar-refractivity contribution in [3.05, 3.63) is 58.5 Å². The fourth-order valence-electron chi connectivity index (χ4n) is 5.66. The lowest BCUT2D eigenvalue weighted by atomic mass is 9.79. The summed E-state index contributed by atoms with van der Waals surface area (Å²) in [6.45, 7) is 2.31. The van der Waals surface area contributed by atoms with Crippen LogP contribution in [0.15, 0.2) is 47.3 Å². The van der Waals surface area contributed by atoms with E-state index in [0.717, 1.165) is 55.7 Å². The van der Waals surface area contributed by atoms with E-state index in [-0.39, 0.29) is 17.4 Å². The fourth-order valence-corrected chi connectivity index (χ4v) is 5.66. The number of amides is 1. The maximum atomic E-state index is 13.2. The SMILES string of the molecule is O=C(C1CCCCC1)N1C[C@@H]2C[C@@H](C1)c1c(-c3ccccc3)ccc(=O)n1C2. The van der Waals surface area contributed by atoms with Crippen molar-refractivity contribution >= 4 is 5.91 Å². The van der Waals surface area contributed by atoms with E-state index >= 15 is 0 Å². The van der Waals surface area contributed by atoms with Gasteiger partial charge in [-0.3, -0.25) is 9.59 Å². The van der Waals surface area contributed by atoms with E-state index in [2.05, 4.69) is 17.0 Å². The van der Waals surface area contributed by atoms with Gasteiger partial charge < -0.3 is 9.47 Å². The molecule has 0 radical (unpaired) electrons. The molecule has 1 aromatic carbocycles. The summed E-state index contributed by atoms with van der Waals surface area (Å²) in [5, 5.41) is 0. The first-order chi connectivity index (χ1) is 13.7. The van der Waals surface area contributed by atoms with E-state index < -0.39 is 0 Å². The molecule has 2 fully saturated rings. The van der Waals surface area contributed by atoms with Crippen molar-refractivity contribution in [2.45, 2.75) is 51.0 Å². The van der Waals surface area contributed by atoms with Gasteiger partial charge in [0, 0.05) is 48.8 Å².